The van der Waals surface area contributed by atoms with Gasteiger partial charge in [0.25, 0.3) is 0 Å². The van der Waals surface area contributed by atoms with Crippen molar-refractivity contribution in [1.82, 2.24) is 14.9 Å². The highest BCUT2D eigenvalue weighted by Crippen LogP contribution is 2.30. The number of β-amino-alcohol motifs (C(OH)–C–C–N with tert-alkyl or cyclic N) is 1. The molecule has 0 bridgehead atoms. The molecular weight excluding hydrogens is 392 g/mol. The Morgan fingerprint density at radius 3 is 2.61 bits per heavy atom. The minimum absolute atomic E-state index is 0.150. The van der Waals surface area contributed by atoms with Gasteiger partial charge in [-0.1, -0.05) is 48.5 Å². The number of likely N-dealkylation sites (tertiary alicyclic amines) is 1. The second-order valence-electron chi connectivity index (χ2n) is 8.43. The lowest BCUT2D eigenvalue weighted by molar-refractivity contribution is -0.133. The Bertz CT molecular complexity index is 878. The number of ether oxygens (including phenoxy) is 1. The molecule has 2 fully saturated rings. The number of aliphatic hydroxyl groups excluding tert-OH is 1. The van der Waals surface area contributed by atoms with Gasteiger partial charge >= 0.3 is 0 Å². The number of morpholine rings is 1. The molecule has 2 heterocycles. The SMILES string of the molecule is CN([C@H](CN1CC[C@H](O)C1)c1ccccc1)N1CCOC(c2ccccc2C(N)=O)C1. The number of benzene rings is 2. The van der Waals surface area contributed by atoms with Gasteiger partial charge in [0.1, 0.15) is 0 Å². The number of amides is 1. The van der Waals surface area contributed by atoms with E-state index in [9.17, 15) is 9.90 Å². The van der Waals surface area contributed by atoms with Gasteiger partial charge in [0.2, 0.25) is 5.91 Å². The van der Waals surface area contributed by atoms with E-state index in [1.807, 2.05) is 24.3 Å². The summed E-state index contributed by atoms with van der Waals surface area (Å²) in [6, 6.07) is 18.1. The summed E-state index contributed by atoms with van der Waals surface area (Å²) in [5, 5.41) is 14.6. The number of primary amides is 1. The van der Waals surface area contributed by atoms with Crippen LogP contribution in [0.15, 0.2) is 54.6 Å². The fourth-order valence-electron chi connectivity index (χ4n) is 4.65. The van der Waals surface area contributed by atoms with Crippen molar-refractivity contribution in [1.29, 1.82) is 0 Å². The zero-order valence-electron chi connectivity index (χ0n) is 18.1. The average molecular weight is 425 g/mol. The molecule has 0 radical (unpaired) electrons. The Kier molecular flexibility index (Phi) is 6.99. The van der Waals surface area contributed by atoms with E-state index in [0.29, 0.717) is 18.7 Å². The molecule has 2 aliphatic heterocycles. The van der Waals surface area contributed by atoms with E-state index in [-0.39, 0.29) is 18.2 Å². The third-order valence-electron chi connectivity index (χ3n) is 6.38. The molecule has 1 unspecified atom stereocenters. The predicted octanol–water partition coefficient (Wildman–Crippen LogP) is 1.81. The maximum absolute atomic E-state index is 11.9. The van der Waals surface area contributed by atoms with Crippen LogP contribution in [-0.4, -0.2) is 78.4 Å². The third-order valence-corrected chi connectivity index (χ3v) is 6.38. The maximum atomic E-state index is 11.9. The molecule has 0 aromatic heterocycles. The molecule has 3 atom stereocenters. The van der Waals surface area contributed by atoms with Crippen molar-refractivity contribution < 1.29 is 14.6 Å². The van der Waals surface area contributed by atoms with Gasteiger partial charge < -0.3 is 15.6 Å². The highest BCUT2D eigenvalue weighted by atomic mass is 16.5. The zero-order chi connectivity index (χ0) is 21.8. The highest BCUT2D eigenvalue weighted by molar-refractivity contribution is 5.94. The highest BCUT2D eigenvalue weighted by Gasteiger charge is 2.32. The first-order valence-electron chi connectivity index (χ1n) is 11.0. The van der Waals surface area contributed by atoms with Gasteiger partial charge in [0, 0.05) is 45.3 Å². The monoisotopic (exact) mass is 424 g/mol. The summed E-state index contributed by atoms with van der Waals surface area (Å²) >= 11 is 0. The van der Waals surface area contributed by atoms with Crippen molar-refractivity contribution >= 4 is 5.91 Å². The minimum Gasteiger partial charge on any atom is -0.392 e. The zero-order valence-corrected chi connectivity index (χ0v) is 18.1. The molecule has 2 aromatic rings. The lowest BCUT2D eigenvalue weighted by Crippen LogP contribution is -2.51. The summed E-state index contributed by atoms with van der Waals surface area (Å²) in [6.07, 6.45) is 0.374. The van der Waals surface area contributed by atoms with Crippen LogP contribution in [0, 0.1) is 0 Å². The van der Waals surface area contributed by atoms with Crippen LogP contribution in [-0.2, 0) is 4.74 Å². The Hall–Kier alpha value is -2.29. The first-order valence-corrected chi connectivity index (χ1v) is 11.0. The normalized spacial score (nSPS) is 23.8. The lowest BCUT2D eigenvalue weighted by Gasteiger charge is -2.43. The topological polar surface area (TPSA) is 82.3 Å². The molecule has 7 heteroatoms. The molecule has 0 saturated carbocycles. The number of nitrogens with zero attached hydrogens (tertiary/aromatic N) is 3. The van der Waals surface area contributed by atoms with Crippen molar-refractivity contribution in [2.75, 3.05) is 46.4 Å². The summed E-state index contributed by atoms with van der Waals surface area (Å²) in [7, 11) is 2.12. The molecular formula is C24H32N4O3. The molecule has 4 rings (SSSR count). The van der Waals surface area contributed by atoms with E-state index in [2.05, 4.69) is 46.2 Å². The number of nitrogens with two attached hydrogens (primary N) is 1. The van der Waals surface area contributed by atoms with E-state index in [0.717, 1.165) is 38.2 Å². The first kappa shape index (κ1) is 21.9. The van der Waals surface area contributed by atoms with Crippen LogP contribution < -0.4 is 5.73 Å². The number of rotatable bonds is 7. The van der Waals surface area contributed by atoms with E-state index in [1.165, 1.54) is 5.56 Å². The fourth-order valence-corrected chi connectivity index (χ4v) is 4.65. The van der Waals surface area contributed by atoms with Crippen molar-refractivity contribution in [2.24, 2.45) is 5.73 Å². The Morgan fingerprint density at radius 2 is 1.90 bits per heavy atom. The molecule has 31 heavy (non-hydrogen) atoms. The van der Waals surface area contributed by atoms with E-state index >= 15 is 0 Å². The maximum Gasteiger partial charge on any atom is 0.249 e. The van der Waals surface area contributed by atoms with Gasteiger partial charge in [-0.25, -0.2) is 10.0 Å². The quantitative estimate of drug-likeness (QED) is 0.706. The summed E-state index contributed by atoms with van der Waals surface area (Å²) < 4.78 is 6.05. The number of hydrogen-bond donors (Lipinski definition) is 2. The lowest BCUT2D eigenvalue weighted by atomic mass is 10.0. The molecule has 166 valence electrons. The molecule has 2 aliphatic rings. The Labute approximate surface area is 184 Å². The third kappa shape index (κ3) is 5.14. The van der Waals surface area contributed by atoms with E-state index in [1.54, 1.807) is 6.07 Å². The second kappa shape index (κ2) is 9.89. The van der Waals surface area contributed by atoms with Crippen molar-refractivity contribution in [2.45, 2.75) is 24.7 Å². The van der Waals surface area contributed by atoms with E-state index in [4.69, 9.17) is 10.5 Å². The molecule has 0 aliphatic carbocycles. The number of aliphatic hydroxyl groups is 1. The van der Waals surface area contributed by atoms with E-state index < -0.39 is 5.91 Å². The van der Waals surface area contributed by atoms with Gasteiger partial charge in [0.05, 0.1) is 24.9 Å². The molecule has 2 saturated heterocycles. The van der Waals surface area contributed by atoms with Crippen LogP contribution >= 0.6 is 0 Å². The molecule has 2 aromatic carbocycles. The number of carbonyl (C=O) groups is 1. The van der Waals surface area contributed by atoms with Crippen LogP contribution in [0.3, 0.4) is 0 Å². The molecule has 3 N–H and O–H groups in total. The predicted molar refractivity (Wildman–Crippen MR) is 119 cm³/mol. The minimum atomic E-state index is -0.431. The van der Waals surface area contributed by atoms with Gasteiger partial charge in [-0.2, -0.15) is 0 Å². The molecule has 1 amide bonds. The molecule has 0 spiro atoms. The standard InChI is InChI=1S/C24H32N4O3/c1-26(22(18-7-3-2-4-8-18)16-27-12-11-19(29)15-27)28-13-14-31-23(17-28)20-9-5-6-10-21(20)24(25)30/h2-10,19,22-23,29H,11-17H2,1H3,(H2,25,30)/t19-,22+,23?/m0/s1. The number of carbonyl (C=O) groups excluding carboxylic acids is 1. The Balaban J connectivity index is 1.54. The average Bonchev–Trinajstić information content (AvgIpc) is 3.22. The fraction of sp³-hybridized carbons (Fsp3) is 0.458. The smallest absolute Gasteiger partial charge is 0.249 e. The van der Waals surface area contributed by atoms with Gasteiger partial charge in [-0.05, 0) is 23.6 Å². The van der Waals surface area contributed by atoms with Crippen LogP contribution in [0.5, 0.6) is 0 Å². The largest absolute Gasteiger partial charge is 0.392 e. The van der Waals surface area contributed by atoms with Gasteiger partial charge in [-0.3, -0.25) is 9.69 Å². The van der Waals surface area contributed by atoms with Crippen molar-refractivity contribution in [3.63, 3.8) is 0 Å². The van der Waals surface area contributed by atoms with Crippen molar-refractivity contribution in [3.8, 4) is 0 Å². The second-order valence-corrected chi connectivity index (χ2v) is 8.43. The summed E-state index contributed by atoms with van der Waals surface area (Å²) in [5.74, 6) is -0.431. The first-order chi connectivity index (χ1) is 15.0. The van der Waals surface area contributed by atoms with Crippen LogP contribution in [0.1, 0.15) is 40.1 Å². The Morgan fingerprint density at radius 1 is 1.16 bits per heavy atom. The van der Waals surface area contributed by atoms with Crippen LogP contribution in [0.25, 0.3) is 0 Å². The van der Waals surface area contributed by atoms with Crippen molar-refractivity contribution in [3.05, 3.63) is 71.3 Å². The number of hydrazine groups is 1. The van der Waals surface area contributed by atoms with Crippen LogP contribution in [0.2, 0.25) is 0 Å². The van der Waals surface area contributed by atoms with Gasteiger partial charge in [-0.15, -0.1) is 0 Å². The van der Waals surface area contributed by atoms with Crippen LogP contribution in [0.4, 0.5) is 0 Å². The van der Waals surface area contributed by atoms with Gasteiger partial charge in [0.15, 0.2) is 0 Å². The summed E-state index contributed by atoms with van der Waals surface area (Å²) in [6.45, 7) is 4.47. The molecule has 7 nitrogen and oxygen atoms in total. The number of hydrogen-bond acceptors (Lipinski definition) is 6. The number of likely N-dealkylation sites (N-methyl/N-ethyl adjacent to an activating group) is 1. The summed E-state index contributed by atoms with van der Waals surface area (Å²) in [4.78, 5) is 14.2. The summed E-state index contributed by atoms with van der Waals surface area (Å²) in [5.41, 5.74) is 8.20.